The maximum atomic E-state index is 12.0. The number of aromatic nitrogens is 5. The summed E-state index contributed by atoms with van der Waals surface area (Å²) in [6.07, 6.45) is 1.53. The predicted octanol–water partition coefficient (Wildman–Crippen LogP) is -0.294. The van der Waals surface area contributed by atoms with E-state index in [-0.39, 0.29) is 41.5 Å². The highest BCUT2D eigenvalue weighted by Gasteiger charge is 2.30. The zero-order chi connectivity index (χ0) is 18.7. The van der Waals surface area contributed by atoms with E-state index in [2.05, 4.69) is 25.3 Å². The Hall–Kier alpha value is -3.02. The molecule has 1 fully saturated rings. The van der Waals surface area contributed by atoms with Crippen molar-refractivity contribution in [1.29, 1.82) is 0 Å². The van der Waals surface area contributed by atoms with E-state index in [4.69, 9.17) is 10.5 Å². The SMILES string of the molecule is CCOC(=O)C1CCCN(Cc2c(C(=O)O)nnn2-c2nonc2N)C1. The molecule has 0 spiro atoms. The van der Waals surface area contributed by atoms with Gasteiger partial charge >= 0.3 is 11.9 Å². The molecular formula is C14H19N7O5. The number of carboxylic acid groups (broad SMARTS) is 1. The van der Waals surface area contributed by atoms with Crippen molar-refractivity contribution in [2.75, 3.05) is 25.4 Å². The second-order valence-electron chi connectivity index (χ2n) is 5.90. The minimum Gasteiger partial charge on any atom is -0.476 e. The number of carboxylic acids is 1. The second kappa shape index (κ2) is 7.47. The molecule has 1 saturated heterocycles. The number of nitrogen functional groups attached to an aromatic ring is 1. The van der Waals surface area contributed by atoms with Crippen LogP contribution in [0.5, 0.6) is 0 Å². The van der Waals surface area contributed by atoms with E-state index >= 15 is 0 Å². The first-order chi connectivity index (χ1) is 12.5. The molecule has 2 aromatic heterocycles. The van der Waals surface area contributed by atoms with E-state index in [9.17, 15) is 14.7 Å². The van der Waals surface area contributed by atoms with Crippen molar-refractivity contribution < 1.29 is 24.1 Å². The Labute approximate surface area is 147 Å². The van der Waals surface area contributed by atoms with Crippen LogP contribution in [0.3, 0.4) is 0 Å². The van der Waals surface area contributed by atoms with Crippen molar-refractivity contribution in [3.05, 3.63) is 11.4 Å². The number of aromatic carboxylic acids is 1. The molecule has 1 unspecified atom stereocenters. The third kappa shape index (κ3) is 3.49. The highest BCUT2D eigenvalue weighted by Crippen LogP contribution is 2.22. The molecule has 1 aliphatic rings. The van der Waals surface area contributed by atoms with Gasteiger partial charge in [0.1, 0.15) is 0 Å². The van der Waals surface area contributed by atoms with Crippen LogP contribution < -0.4 is 5.73 Å². The Morgan fingerprint density at radius 1 is 1.42 bits per heavy atom. The Morgan fingerprint density at radius 3 is 2.88 bits per heavy atom. The van der Waals surface area contributed by atoms with Gasteiger partial charge in [-0.05, 0) is 36.6 Å². The van der Waals surface area contributed by atoms with Gasteiger partial charge in [0, 0.05) is 13.1 Å². The van der Waals surface area contributed by atoms with Crippen LogP contribution in [0.2, 0.25) is 0 Å². The molecular weight excluding hydrogens is 346 g/mol. The number of ether oxygens (including phenoxy) is 1. The molecule has 12 nitrogen and oxygen atoms in total. The van der Waals surface area contributed by atoms with Gasteiger partial charge in [0.15, 0.2) is 5.69 Å². The first-order valence-corrected chi connectivity index (χ1v) is 8.16. The molecule has 3 rings (SSSR count). The van der Waals surface area contributed by atoms with Crippen molar-refractivity contribution in [3.63, 3.8) is 0 Å². The molecule has 0 aromatic carbocycles. The van der Waals surface area contributed by atoms with Gasteiger partial charge in [-0.25, -0.2) is 9.42 Å². The molecule has 140 valence electrons. The van der Waals surface area contributed by atoms with Gasteiger partial charge in [-0.1, -0.05) is 5.21 Å². The lowest BCUT2D eigenvalue weighted by Gasteiger charge is -2.31. The van der Waals surface area contributed by atoms with Crippen LogP contribution in [0.15, 0.2) is 4.63 Å². The summed E-state index contributed by atoms with van der Waals surface area (Å²) in [6.45, 7) is 3.45. The van der Waals surface area contributed by atoms with Gasteiger partial charge < -0.3 is 15.6 Å². The molecule has 0 saturated carbocycles. The summed E-state index contributed by atoms with van der Waals surface area (Å²) < 4.78 is 10.8. The highest BCUT2D eigenvalue weighted by molar-refractivity contribution is 5.86. The van der Waals surface area contributed by atoms with Crippen LogP contribution in [0.25, 0.3) is 5.82 Å². The number of likely N-dealkylation sites (tertiary alicyclic amines) is 1. The maximum Gasteiger partial charge on any atom is 0.358 e. The van der Waals surface area contributed by atoms with Crippen LogP contribution >= 0.6 is 0 Å². The standard InChI is InChI=1S/C14H19N7O5/c1-2-25-14(24)8-4-3-5-20(6-8)7-9-10(13(22)23)16-19-21(9)12-11(15)17-26-18-12/h8H,2-7H2,1H3,(H2,15,17)(H,22,23). The average Bonchev–Trinajstić information content (AvgIpc) is 3.21. The average molecular weight is 365 g/mol. The molecule has 12 heteroatoms. The Morgan fingerprint density at radius 2 is 2.23 bits per heavy atom. The maximum absolute atomic E-state index is 12.0. The summed E-state index contributed by atoms with van der Waals surface area (Å²) in [6, 6.07) is 0. The first-order valence-electron chi connectivity index (χ1n) is 8.16. The number of hydrogen-bond donors (Lipinski definition) is 2. The predicted molar refractivity (Wildman–Crippen MR) is 85.2 cm³/mol. The molecule has 1 atom stereocenters. The van der Waals surface area contributed by atoms with E-state index in [0.717, 1.165) is 12.8 Å². The van der Waals surface area contributed by atoms with E-state index in [0.29, 0.717) is 19.7 Å². The lowest BCUT2D eigenvalue weighted by atomic mass is 9.98. The normalized spacial score (nSPS) is 18.0. The zero-order valence-corrected chi connectivity index (χ0v) is 14.2. The second-order valence-corrected chi connectivity index (χ2v) is 5.90. The number of carbonyl (C=O) groups excluding carboxylic acids is 1. The van der Waals surface area contributed by atoms with Crippen LogP contribution in [0, 0.1) is 5.92 Å². The topological polar surface area (TPSA) is 162 Å². The zero-order valence-electron chi connectivity index (χ0n) is 14.2. The molecule has 1 aliphatic heterocycles. The molecule has 3 heterocycles. The third-order valence-corrected chi connectivity index (χ3v) is 4.16. The van der Waals surface area contributed by atoms with Gasteiger partial charge in [0.05, 0.1) is 18.2 Å². The van der Waals surface area contributed by atoms with Crippen LogP contribution in [0.4, 0.5) is 5.82 Å². The number of nitrogens with two attached hydrogens (primary N) is 1. The van der Waals surface area contributed by atoms with Gasteiger partial charge in [0.25, 0.3) is 0 Å². The number of nitrogens with zero attached hydrogens (tertiary/aromatic N) is 6. The molecule has 0 amide bonds. The third-order valence-electron chi connectivity index (χ3n) is 4.16. The van der Waals surface area contributed by atoms with Crippen LogP contribution in [-0.2, 0) is 16.1 Å². The fourth-order valence-corrected chi connectivity index (χ4v) is 2.98. The van der Waals surface area contributed by atoms with Gasteiger partial charge in [-0.2, -0.15) is 4.68 Å². The van der Waals surface area contributed by atoms with Crippen LogP contribution in [0.1, 0.15) is 35.9 Å². The lowest BCUT2D eigenvalue weighted by molar-refractivity contribution is -0.150. The van der Waals surface area contributed by atoms with Gasteiger partial charge in [0.2, 0.25) is 11.6 Å². The first kappa shape index (κ1) is 17.8. The molecule has 26 heavy (non-hydrogen) atoms. The van der Waals surface area contributed by atoms with Crippen molar-refractivity contribution >= 4 is 17.8 Å². The summed E-state index contributed by atoms with van der Waals surface area (Å²) in [7, 11) is 0. The minimum atomic E-state index is -1.22. The van der Waals surface area contributed by atoms with Gasteiger partial charge in [-0.15, -0.1) is 5.10 Å². The number of esters is 1. The Bertz CT molecular complexity index is 801. The number of anilines is 1. The quantitative estimate of drug-likeness (QED) is 0.646. The largest absolute Gasteiger partial charge is 0.476 e. The van der Waals surface area contributed by atoms with Crippen molar-refractivity contribution in [2.24, 2.45) is 5.92 Å². The van der Waals surface area contributed by atoms with Gasteiger partial charge in [-0.3, -0.25) is 9.69 Å². The molecule has 0 bridgehead atoms. The van der Waals surface area contributed by atoms with Crippen LogP contribution in [-0.4, -0.2) is 66.9 Å². The summed E-state index contributed by atoms with van der Waals surface area (Å²) in [5.74, 6) is -1.68. The fraction of sp³-hybridized carbons (Fsp3) is 0.571. The lowest BCUT2D eigenvalue weighted by Crippen LogP contribution is -2.39. The molecule has 2 aromatic rings. The van der Waals surface area contributed by atoms with Crippen molar-refractivity contribution in [3.8, 4) is 5.82 Å². The van der Waals surface area contributed by atoms with E-state index in [1.165, 1.54) is 4.68 Å². The fourth-order valence-electron chi connectivity index (χ4n) is 2.98. The summed E-state index contributed by atoms with van der Waals surface area (Å²) in [5.41, 5.74) is 5.74. The highest BCUT2D eigenvalue weighted by atomic mass is 16.6. The van der Waals surface area contributed by atoms with E-state index in [1.54, 1.807) is 6.92 Å². The van der Waals surface area contributed by atoms with Crippen molar-refractivity contribution in [2.45, 2.75) is 26.3 Å². The smallest absolute Gasteiger partial charge is 0.358 e. The monoisotopic (exact) mass is 365 g/mol. The van der Waals surface area contributed by atoms with E-state index < -0.39 is 5.97 Å². The summed E-state index contributed by atoms with van der Waals surface area (Å²) in [5, 5.41) is 24.0. The summed E-state index contributed by atoms with van der Waals surface area (Å²) >= 11 is 0. The molecule has 0 radical (unpaired) electrons. The number of rotatable bonds is 6. The summed E-state index contributed by atoms with van der Waals surface area (Å²) in [4.78, 5) is 25.4. The minimum absolute atomic E-state index is 0.0314. The molecule has 0 aliphatic carbocycles. The molecule has 3 N–H and O–H groups in total. The Kier molecular flexibility index (Phi) is 5.11. The Balaban J connectivity index is 1.84. The number of hydrogen-bond acceptors (Lipinski definition) is 10. The van der Waals surface area contributed by atoms with E-state index in [1.807, 2.05) is 4.90 Å². The number of piperidine rings is 1. The van der Waals surface area contributed by atoms with Crippen molar-refractivity contribution in [1.82, 2.24) is 30.2 Å². The number of carbonyl (C=O) groups is 2.